The fourth-order valence-electron chi connectivity index (χ4n) is 0.790. The van der Waals surface area contributed by atoms with Crippen LogP contribution in [0.2, 0.25) is 5.02 Å². The van der Waals surface area contributed by atoms with E-state index in [2.05, 4.69) is 0 Å². The van der Waals surface area contributed by atoms with E-state index in [4.69, 9.17) is 27.0 Å². The lowest BCUT2D eigenvalue weighted by Gasteiger charge is -2.03. The fraction of sp³-hybridized carbons (Fsp3) is 0. The standard InChI is InChI=1S/C6H6ClNO4S/c7-4-1-3(8)2-5(6(4)9)13(10,11)12/h1-2,9H,8H2,(H,10,11,12). The summed E-state index contributed by atoms with van der Waals surface area (Å²) in [5, 5.41) is 8.90. The van der Waals surface area contributed by atoms with Gasteiger partial charge < -0.3 is 10.8 Å². The smallest absolute Gasteiger partial charge is 0.298 e. The predicted octanol–water partition coefficient (Wildman–Crippen LogP) is 0.875. The molecule has 1 aromatic carbocycles. The Hall–Kier alpha value is -0.980. The van der Waals surface area contributed by atoms with Crippen LogP contribution in [0, 0.1) is 0 Å². The molecule has 0 fully saturated rings. The number of phenolic OH excluding ortho intramolecular Hbond substituents is 1. The number of nitrogen functional groups attached to an aromatic ring is 1. The van der Waals surface area contributed by atoms with E-state index >= 15 is 0 Å². The summed E-state index contributed by atoms with van der Waals surface area (Å²) in [6.07, 6.45) is 0. The molecule has 72 valence electrons. The van der Waals surface area contributed by atoms with Crippen LogP contribution >= 0.6 is 11.6 Å². The van der Waals surface area contributed by atoms with Crippen molar-refractivity contribution in [3.8, 4) is 5.75 Å². The quantitative estimate of drug-likeness (QED) is 0.373. The maximum Gasteiger partial charge on any atom is 0.298 e. The van der Waals surface area contributed by atoms with Gasteiger partial charge in [-0.05, 0) is 12.1 Å². The summed E-state index contributed by atoms with van der Waals surface area (Å²) in [5.41, 5.74) is 5.29. The van der Waals surface area contributed by atoms with Gasteiger partial charge in [-0.25, -0.2) is 0 Å². The zero-order valence-corrected chi connectivity index (χ0v) is 7.80. The van der Waals surface area contributed by atoms with Crippen molar-refractivity contribution in [2.24, 2.45) is 0 Å². The second-order valence-corrected chi connectivity index (χ2v) is 4.12. The maximum absolute atomic E-state index is 10.6. The van der Waals surface area contributed by atoms with E-state index < -0.39 is 20.8 Å². The summed E-state index contributed by atoms with van der Waals surface area (Å²) in [6.45, 7) is 0. The Morgan fingerprint density at radius 2 is 1.92 bits per heavy atom. The van der Waals surface area contributed by atoms with Crippen LogP contribution in [0.1, 0.15) is 0 Å². The van der Waals surface area contributed by atoms with E-state index in [0.717, 1.165) is 6.07 Å². The van der Waals surface area contributed by atoms with Gasteiger partial charge in [0, 0.05) is 5.69 Å². The highest BCUT2D eigenvalue weighted by molar-refractivity contribution is 7.86. The van der Waals surface area contributed by atoms with Gasteiger partial charge in [0.05, 0.1) is 5.02 Å². The summed E-state index contributed by atoms with van der Waals surface area (Å²) >= 11 is 5.42. The van der Waals surface area contributed by atoms with Crippen molar-refractivity contribution >= 4 is 27.4 Å². The Morgan fingerprint density at radius 1 is 1.38 bits per heavy atom. The van der Waals surface area contributed by atoms with E-state index in [0.29, 0.717) is 0 Å². The van der Waals surface area contributed by atoms with Crippen LogP contribution in [-0.2, 0) is 10.1 Å². The van der Waals surface area contributed by atoms with Gasteiger partial charge in [-0.1, -0.05) is 11.6 Å². The lowest BCUT2D eigenvalue weighted by atomic mass is 10.3. The van der Waals surface area contributed by atoms with Gasteiger partial charge in [0.25, 0.3) is 10.1 Å². The number of rotatable bonds is 1. The van der Waals surface area contributed by atoms with Crippen LogP contribution in [0.5, 0.6) is 5.75 Å². The average molecular weight is 224 g/mol. The number of phenols is 1. The predicted molar refractivity (Wildman–Crippen MR) is 47.3 cm³/mol. The molecule has 5 nitrogen and oxygen atoms in total. The zero-order valence-electron chi connectivity index (χ0n) is 6.23. The highest BCUT2D eigenvalue weighted by Crippen LogP contribution is 2.32. The molecule has 1 aromatic rings. The molecular formula is C6H6ClNO4S. The van der Waals surface area contributed by atoms with Crippen LogP contribution in [0.25, 0.3) is 0 Å². The van der Waals surface area contributed by atoms with Gasteiger partial charge >= 0.3 is 0 Å². The van der Waals surface area contributed by atoms with Crippen LogP contribution in [0.15, 0.2) is 17.0 Å². The normalized spacial score (nSPS) is 11.5. The van der Waals surface area contributed by atoms with Gasteiger partial charge in [0.15, 0.2) is 5.75 Å². The summed E-state index contributed by atoms with van der Waals surface area (Å²) in [4.78, 5) is -0.697. The summed E-state index contributed by atoms with van der Waals surface area (Å²) in [7, 11) is -4.49. The monoisotopic (exact) mass is 223 g/mol. The third-order valence-corrected chi connectivity index (χ3v) is 2.48. The van der Waals surface area contributed by atoms with E-state index in [1.54, 1.807) is 0 Å². The summed E-state index contributed by atoms with van der Waals surface area (Å²) in [6, 6.07) is 2.09. The molecule has 4 N–H and O–H groups in total. The molecule has 0 spiro atoms. The molecule has 13 heavy (non-hydrogen) atoms. The first-order valence-corrected chi connectivity index (χ1v) is 4.89. The lowest BCUT2D eigenvalue weighted by molar-refractivity contribution is 0.443. The molecule has 0 aliphatic carbocycles. The van der Waals surface area contributed by atoms with Crippen molar-refractivity contribution in [3.63, 3.8) is 0 Å². The van der Waals surface area contributed by atoms with Crippen molar-refractivity contribution in [2.45, 2.75) is 4.90 Å². The van der Waals surface area contributed by atoms with Crippen molar-refractivity contribution in [1.29, 1.82) is 0 Å². The molecule has 7 heteroatoms. The highest BCUT2D eigenvalue weighted by atomic mass is 35.5. The first-order valence-electron chi connectivity index (χ1n) is 3.08. The van der Waals surface area contributed by atoms with E-state index in [1.807, 2.05) is 0 Å². The Labute approximate surface area is 79.5 Å². The molecular weight excluding hydrogens is 218 g/mol. The Bertz CT molecular complexity index is 442. The van der Waals surface area contributed by atoms with Crippen LogP contribution in [0.4, 0.5) is 5.69 Å². The minimum atomic E-state index is -4.49. The van der Waals surface area contributed by atoms with Gasteiger partial charge in [0.1, 0.15) is 4.90 Å². The number of hydrogen-bond donors (Lipinski definition) is 3. The molecule has 0 saturated carbocycles. The number of aromatic hydroxyl groups is 1. The van der Waals surface area contributed by atoms with Gasteiger partial charge in [-0.2, -0.15) is 8.42 Å². The van der Waals surface area contributed by atoms with E-state index in [1.165, 1.54) is 6.07 Å². The largest absolute Gasteiger partial charge is 0.505 e. The van der Waals surface area contributed by atoms with Crippen molar-refractivity contribution in [3.05, 3.63) is 17.2 Å². The first-order chi connectivity index (χ1) is 5.82. The molecule has 0 aromatic heterocycles. The number of anilines is 1. The molecule has 1 rings (SSSR count). The number of hydrogen-bond acceptors (Lipinski definition) is 4. The van der Waals surface area contributed by atoms with Gasteiger partial charge in [-0.15, -0.1) is 0 Å². The third-order valence-electron chi connectivity index (χ3n) is 1.33. The Morgan fingerprint density at radius 3 is 2.38 bits per heavy atom. The third kappa shape index (κ3) is 2.03. The molecule has 0 amide bonds. The second kappa shape index (κ2) is 3.06. The Balaban J connectivity index is 3.56. The van der Waals surface area contributed by atoms with E-state index in [-0.39, 0.29) is 10.7 Å². The molecule has 0 saturated heterocycles. The van der Waals surface area contributed by atoms with E-state index in [9.17, 15) is 8.42 Å². The molecule has 0 bridgehead atoms. The second-order valence-electron chi connectivity index (χ2n) is 2.32. The molecule has 0 unspecified atom stereocenters. The minimum Gasteiger partial charge on any atom is -0.505 e. The zero-order chi connectivity index (χ0) is 10.2. The number of nitrogens with two attached hydrogens (primary N) is 1. The van der Waals surface area contributed by atoms with Crippen LogP contribution in [-0.4, -0.2) is 18.1 Å². The maximum atomic E-state index is 10.6. The van der Waals surface area contributed by atoms with Gasteiger partial charge in [-0.3, -0.25) is 4.55 Å². The van der Waals surface area contributed by atoms with Gasteiger partial charge in [0.2, 0.25) is 0 Å². The average Bonchev–Trinajstić information content (AvgIpc) is 1.94. The molecule has 0 radical (unpaired) electrons. The number of halogens is 1. The molecule has 0 heterocycles. The van der Waals surface area contributed by atoms with Crippen molar-refractivity contribution in [1.82, 2.24) is 0 Å². The lowest BCUT2D eigenvalue weighted by Crippen LogP contribution is -2.00. The topological polar surface area (TPSA) is 101 Å². The Kier molecular flexibility index (Phi) is 2.38. The van der Waals surface area contributed by atoms with Crippen LogP contribution in [0.3, 0.4) is 0 Å². The molecule has 0 aliphatic rings. The first kappa shape index (κ1) is 10.1. The molecule has 0 aliphatic heterocycles. The summed E-state index contributed by atoms with van der Waals surface area (Å²) < 4.78 is 29.9. The van der Waals surface area contributed by atoms with Crippen molar-refractivity contribution in [2.75, 3.05) is 5.73 Å². The fourth-order valence-corrected chi connectivity index (χ4v) is 1.71. The van der Waals surface area contributed by atoms with Crippen molar-refractivity contribution < 1.29 is 18.1 Å². The number of benzene rings is 1. The highest BCUT2D eigenvalue weighted by Gasteiger charge is 2.18. The van der Waals surface area contributed by atoms with Crippen LogP contribution < -0.4 is 5.73 Å². The summed E-state index contributed by atoms with van der Waals surface area (Å²) in [5.74, 6) is -0.710. The SMILES string of the molecule is Nc1cc(Cl)c(O)c(S(=O)(=O)O)c1. The minimum absolute atomic E-state index is 0.0374. The molecule has 0 atom stereocenters.